The lowest BCUT2D eigenvalue weighted by Gasteiger charge is -2.25. The van der Waals surface area contributed by atoms with Crippen LogP contribution in [0.2, 0.25) is 0 Å². The van der Waals surface area contributed by atoms with Crippen LogP contribution >= 0.6 is 0 Å². The van der Waals surface area contributed by atoms with Gasteiger partial charge in [-0.05, 0) is 36.6 Å². The number of nitrogens with one attached hydrogen (secondary N) is 1. The maximum atomic E-state index is 13.3. The Bertz CT molecular complexity index is 1030. The predicted molar refractivity (Wildman–Crippen MR) is 119 cm³/mol. The highest BCUT2D eigenvalue weighted by Gasteiger charge is 2.24. The van der Waals surface area contributed by atoms with Gasteiger partial charge in [0.1, 0.15) is 25.1 Å². The highest BCUT2D eigenvalue weighted by molar-refractivity contribution is 5.80. The van der Waals surface area contributed by atoms with E-state index in [1.54, 1.807) is 6.20 Å². The van der Waals surface area contributed by atoms with E-state index in [1.807, 2.05) is 54.1 Å². The molecule has 0 spiro atoms. The van der Waals surface area contributed by atoms with Gasteiger partial charge >= 0.3 is 0 Å². The molecule has 0 saturated carbocycles. The van der Waals surface area contributed by atoms with Gasteiger partial charge in [-0.25, -0.2) is 4.98 Å². The quantitative estimate of drug-likeness (QED) is 0.615. The largest absolute Gasteiger partial charge is 0.486 e. The number of rotatable bonds is 7. The molecule has 1 amide bonds. The molecule has 1 aromatic heterocycles. The number of carbonyl (C=O) groups is 1. The van der Waals surface area contributed by atoms with E-state index >= 15 is 0 Å². The van der Waals surface area contributed by atoms with Crippen LogP contribution in [0.15, 0.2) is 60.9 Å². The molecule has 2 atom stereocenters. The summed E-state index contributed by atoms with van der Waals surface area (Å²) in [6.45, 7) is 7.15. The third-order valence-corrected chi connectivity index (χ3v) is 5.58. The van der Waals surface area contributed by atoms with Crippen LogP contribution in [0.3, 0.4) is 0 Å². The van der Waals surface area contributed by atoms with Crippen LogP contribution in [0.25, 0.3) is 0 Å². The van der Waals surface area contributed by atoms with Crippen molar-refractivity contribution >= 4 is 5.91 Å². The Balaban J connectivity index is 1.60. The minimum atomic E-state index is -0.365. The van der Waals surface area contributed by atoms with Crippen LogP contribution in [0.1, 0.15) is 55.7 Å². The van der Waals surface area contributed by atoms with Crippen molar-refractivity contribution in [2.45, 2.75) is 45.2 Å². The van der Waals surface area contributed by atoms with Gasteiger partial charge in [0.2, 0.25) is 5.91 Å². The summed E-state index contributed by atoms with van der Waals surface area (Å²) in [5.74, 6) is 2.56. The number of fused-ring (bicyclic) bond motifs is 1. The van der Waals surface area contributed by atoms with Gasteiger partial charge in [0, 0.05) is 18.3 Å². The summed E-state index contributed by atoms with van der Waals surface area (Å²) < 4.78 is 13.4. The number of hydrogen-bond acceptors (Lipinski definition) is 4. The van der Waals surface area contributed by atoms with Gasteiger partial charge in [0.25, 0.3) is 0 Å². The Hall–Kier alpha value is -3.28. The van der Waals surface area contributed by atoms with Crippen molar-refractivity contribution in [3.63, 3.8) is 0 Å². The molecule has 2 heterocycles. The maximum Gasteiger partial charge on any atom is 0.243 e. The molecule has 0 bridgehead atoms. The van der Waals surface area contributed by atoms with Crippen LogP contribution < -0.4 is 14.8 Å². The molecular formula is C25H29N3O3. The topological polar surface area (TPSA) is 65.4 Å². The highest BCUT2D eigenvalue weighted by Crippen LogP contribution is 2.33. The molecule has 0 unspecified atom stereocenters. The van der Waals surface area contributed by atoms with Gasteiger partial charge in [0.15, 0.2) is 11.5 Å². The minimum absolute atomic E-state index is 0.0456. The average Bonchev–Trinajstić information content (AvgIpc) is 3.29. The lowest BCUT2D eigenvalue weighted by atomic mass is 9.98. The Labute approximate surface area is 183 Å². The first-order valence-corrected chi connectivity index (χ1v) is 10.8. The molecule has 6 nitrogen and oxygen atoms in total. The van der Waals surface area contributed by atoms with Crippen molar-refractivity contribution in [3.8, 4) is 11.5 Å². The molecule has 1 aliphatic rings. The van der Waals surface area contributed by atoms with E-state index in [-0.39, 0.29) is 23.9 Å². The van der Waals surface area contributed by atoms with Crippen LogP contribution in [-0.4, -0.2) is 28.7 Å². The molecule has 0 aliphatic carbocycles. The number of benzene rings is 2. The zero-order valence-electron chi connectivity index (χ0n) is 18.2. The molecule has 6 heteroatoms. The first-order valence-electron chi connectivity index (χ1n) is 10.8. The zero-order chi connectivity index (χ0) is 21.8. The van der Waals surface area contributed by atoms with E-state index in [0.717, 1.165) is 28.5 Å². The molecular weight excluding hydrogens is 390 g/mol. The molecule has 0 radical (unpaired) electrons. The SMILES string of the molecule is CC(C)c1nccn1[C@H](C)C(=O)N[C@H](Cc1ccccc1)c1ccc2c(c1)OCCO2. The normalized spacial score (nSPS) is 14.8. The number of ether oxygens (including phenoxy) is 2. The molecule has 1 aliphatic heterocycles. The summed E-state index contributed by atoms with van der Waals surface area (Å²) in [5.41, 5.74) is 2.14. The second-order valence-electron chi connectivity index (χ2n) is 8.18. The van der Waals surface area contributed by atoms with Crippen LogP contribution in [-0.2, 0) is 11.2 Å². The molecule has 162 valence electrons. The fourth-order valence-corrected chi connectivity index (χ4v) is 3.90. The van der Waals surface area contributed by atoms with Crippen molar-refractivity contribution < 1.29 is 14.3 Å². The number of nitrogens with zero attached hydrogens (tertiary/aromatic N) is 2. The monoisotopic (exact) mass is 419 g/mol. The standard InChI is InChI=1S/C25H29N3O3/c1-17(2)24-26-11-12-28(24)18(3)25(29)27-21(15-19-7-5-4-6-8-19)20-9-10-22-23(16-20)31-14-13-30-22/h4-12,16-18,21H,13-15H2,1-3H3,(H,27,29)/t18-,21-/m1/s1. The van der Waals surface area contributed by atoms with E-state index in [1.165, 1.54) is 0 Å². The molecule has 0 fully saturated rings. The summed E-state index contributed by atoms with van der Waals surface area (Å²) in [4.78, 5) is 17.7. The number of amides is 1. The van der Waals surface area contributed by atoms with E-state index < -0.39 is 0 Å². The molecule has 2 aromatic carbocycles. The van der Waals surface area contributed by atoms with Crippen molar-refractivity contribution in [2.75, 3.05) is 13.2 Å². The molecule has 31 heavy (non-hydrogen) atoms. The van der Waals surface area contributed by atoms with Crippen LogP contribution in [0.4, 0.5) is 0 Å². The highest BCUT2D eigenvalue weighted by atomic mass is 16.6. The van der Waals surface area contributed by atoms with Crippen LogP contribution in [0.5, 0.6) is 11.5 Å². The summed E-state index contributed by atoms with van der Waals surface area (Å²) >= 11 is 0. The Morgan fingerprint density at radius 2 is 1.81 bits per heavy atom. The van der Waals surface area contributed by atoms with E-state index in [4.69, 9.17) is 9.47 Å². The number of hydrogen-bond donors (Lipinski definition) is 1. The lowest BCUT2D eigenvalue weighted by molar-refractivity contribution is -0.124. The molecule has 1 N–H and O–H groups in total. The molecule has 4 rings (SSSR count). The Morgan fingerprint density at radius 3 is 2.55 bits per heavy atom. The zero-order valence-corrected chi connectivity index (χ0v) is 18.2. The van der Waals surface area contributed by atoms with Crippen molar-refractivity contribution in [1.82, 2.24) is 14.9 Å². The molecule has 0 saturated heterocycles. The Morgan fingerprint density at radius 1 is 1.06 bits per heavy atom. The van der Waals surface area contributed by atoms with Gasteiger partial charge in [-0.15, -0.1) is 0 Å². The number of aromatic nitrogens is 2. The predicted octanol–water partition coefficient (Wildman–Crippen LogP) is 4.44. The number of imidazole rings is 1. The fourth-order valence-electron chi connectivity index (χ4n) is 3.90. The van der Waals surface area contributed by atoms with E-state index in [2.05, 4.69) is 36.3 Å². The van der Waals surface area contributed by atoms with Gasteiger partial charge in [-0.3, -0.25) is 4.79 Å². The van der Waals surface area contributed by atoms with Crippen molar-refractivity contribution in [2.24, 2.45) is 0 Å². The summed E-state index contributed by atoms with van der Waals surface area (Å²) in [5, 5.41) is 3.26. The van der Waals surface area contributed by atoms with E-state index in [9.17, 15) is 4.79 Å². The van der Waals surface area contributed by atoms with Gasteiger partial charge < -0.3 is 19.4 Å². The van der Waals surface area contributed by atoms with E-state index in [0.29, 0.717) is 19.6 Å². The van der Waals surface area contributed by atoms with Gasteiger partial charge in [0.05, 0.1) is 6.04 Å². The lowest BCUT2D eigenvalue weighted by Crippen LogP contribution is -2.35. The minimum Gasteiger partial charge on any atom is -0.486 e. The third-order valence-electron chi connectivity index (χ3n) is 5.58. The molecule has 3 aromatic rings. The number of carbonyl (C=O) groups excluding carboxylic acids is 1. The third kappa shape index (κ3) is 4.74. The van der Waals surface area contributed by atoms with Crippen molar-refractivity contribution in [1.29, 1.82) is 0 Å². The Kier molecular flexibility index (Phi) is 6.26. The second kappa shape index (κ2) is 9.25. The first-order chi connectivity index (χ1) is 15.0. The van der Waals surface area contributed by atoms with Crippen molar-refractivity contribution in [3.05, 3.63) is 77.9 Å². The smallest absolute Gasteiger partial charge is 0.243 e. The summed E-state index contributed by atoms with van der Waals surface area (Å²) in [7, 11) is 0. The van der Waals surface area contributed by atoms with Gasteiger partial charge in [-0.2, -0.15) is 0 Å². The fraction of sp³-hybridized carbons (Fsp3) is 0.360. The first kappa shape index (κ1) is 21.0. The van der Waals surface area contributed by atoms with Crippen LogP contribution in [0, 0.1) is 0 Å². The second-order valence-corrected chi connectivity index (χ2v) is 8.18. The maximum absolute atomic E-state index is 13.3. The summed E-state index contributed by atoms with van der Waals surface area (Å²) in [6.07, 6.45) is 4.30. The van der Waals surface area contributed by atoms with Gasteiger partial charge in [-0.1, -0.05) is 50.2 Å². The average molecular weight is 420 g/mol. The summed E-state index contributed by atoms with van der Waals surface area (Å²) in [6, 6.07) is 15.5.